The first-order chi connectivity index (χ1) is 6.59. The second kappa shape index (κ2) is 3.22. The number of benzene rings is 1. The van der Waals surface area contributed by atoms with Gasteiger partial charge in [-0.15, -0.1) is 0 Å². The second-order valence-corrected chi connectivity index (χ2v) is 4.09. The number of hydrogen-bond donors (Lipinski definition) is 1. The maximum absolute atomic E-state index is 10.8. The molecule has 14 heavy (non-hydrogen) atoms. The van der Waals surface area contributed by atoms with Crippen molar-refractivity contribution in [3.05, 3.63) is 28.4 Å². The summed E-state index contributed by atoms with van der Waals surface area (Å²) in [7, 11) is 0. The molecule has 3 nitrogen and oxygen atoms in total. The maximum atomic E-state index is 10.8. The van der Waals surface area contributed by atoms with E-state index in [9.17, 15) is 4.79 Å². The summed E-state index contributed by atoms with van der Waals surface area (Å²) in [6, 6.07) is 3.05. The fourth-order valence-corrected chi connectivity index (χ4v) is 2.34. The van der Waals surface area contributed by atoms with E-state index >= 15 is 0 Å². The molecule has 0 aliphatic rings. The van der Waals surface area contributed by atoms with Gasteiger partial charge in [-0.2, -0.15) is 4.37 Å². The third-order valence-corrected chi connectivity index (χ3v) is 3.35. The second-order valence-electron chi connectivity index (χ2n) is 2.91. The van der Waals surface area contributed by atoms with Gasteiger partial charge in [0.05, 0.1) is 21.0 Å². The lowest BCUT2D eigenvalue weighted by Gasteiger charge is -1.97. The summed E-state index contributed by atoms with van der Waals surface area (Å²) in [5, 5.41) is 10.1. The molecule has 0 amide bonds. The summed E-state index contributed by atoms with van der Waals surface area (Å²) in [6.45, 7) is 1.83. The summed E-state index contributed by atoms with van der Waals surface area (Å²) in [6.07, 6.45) is 0. The molecule has 0 unspecified atom stereocenters. The Morgan fingerprint density at radius 2 is 2.29 bits per heavy atom. The standard InChI is InChI=1S/C9H6ClNO2S/c1-4-6-2-5(9(12)13)3-7(10)8(6)14-11-4/h2-3H,1H3,(H,12,13). The lowest BCUT2D eigenvalue weighted by Crippen LogP contribution is -1.95. The van der Waals surface area contributed by atoms with Crippen LogP contribution in [0.5, 0.6) is 0 Å². The molecule has 0 saturated heterocycles. The maximum Gasteiger partial charge on any atom is 0.335 e. The summed E-state index contributed by atoms with van der Waals surface area (Å²) in [5.41, 5.74) is 1.01. The van der Waals surface area contributed by atoms with E-state index in [4.69, 9.17) is 16.7 Å². The number of aromatic nitrogens is 1. The Bertz CT molecular complexity index is 521. The predicted molar refractivity (Wildman–Crippen MR) is 56.3 cm³/mol. The van der Waals surface area contributed by atoms with Gasteiger partial charge in [0.2, 0.25) is 0 Å². The number of aryl methyl sites for hydroxylation is 1. The zero-order chi connectivity index (χ0) is 10.3. The van der Waals surface area contributed by atoms with Gasteiger partial charge in [0.25, 0.3) is 0 Å². The van der Waals surface area contributed by atoms with Crippen LogP contribution in [0.15, 0.2) is 12.1 Å². The third kappa shape index (κ3) is 1.36. The van der Waals surface area contributed by atoms with Crippen LogP contribution in [0.4, 0.5) is 0 Å². The van der Waals surface area contributed by atoms with Gasteiger partial charge in [-0.05, 0) is 30.6 Å². The fraction of sp³-hybridized carbons (Fsp3) is 0.111. The number of halogens is 1. The smallest absolute Gasteiger partial charge is 0.335 e. The number of rotatable bonds is 1. The summed E-state index contributed by atoms with van der Waals surface area (Å²) >= 11 is 7.21. The Kier molecular flexibility index (Phi) is 2.17. The Balaban J connectivity index is 2.82. The molecule has 0 bridgehead atoms. The number of carboxylic acids is 1. The van der Waals surface area contributed by atoms with Crippen LogP contribution in [0.1, 0.15) is 16.1 Å². The van der Waals surface area contributed by atoms with Crippen molar-refractivity contribution in [1.82, 2.24) is 4.37 Å². The molecule has 0 radical (unpaired) electrons. The molecule has 0 saturated carbocycles. The van der Waals surface area contributed by atoms with E-state index in [1.165, 1.54) is 17.6 Å². The van der Waals surface area contributed by atoms with Crippen LogP contribution in [0, 0.1) is 6.92 Å². The van der Waals surface area contributed by atoms with Crippen LogP contribution < -0.4 is 0 Å². The first kappa shape index (κ1) is 9.43. The van der Waals surface area contributed by atoms with Crippen molar-refractivity contribution in [3.8, 4) is 0 Å². The van der Waals surface area contributed by atoms with Gasteiger partial charge >= 0.3 is 5.97 Å². The van der Waals surface area contributed by atoms with E-state index in [0.29, 0.717) is 5.02 Å². The fourth-order valence-electron chi connectivity index (χ4n) is 1.24. The van der Waals surface area contributed by atoms with Crippen LogP contribution in [-0.4, -0.2) is 15.4 Å². The van der Waals surface area contributed by atoms with Crippen LogP contribution in [0.3, 0.4) is 0 Å². The van der Waals surface area contributed by atoms with Crippen molar-refractivity contribution in [2.45, 2.75) is 6.92 Å². The molecule has 0 aliphatic carbocycles. The highest BCUT2D eigenvalue weighted by Gasteiger charge is 2.11. The van der Waals surface area contributed by atoms with Gasteiger partial charge < -0.3 is 5.11 Å². The average molecular weight is 228 g/mol. The number of carboxylic acid groups (broad SMARTS) is 1. The number of fused-ring (bicyclic) bond motifs is 1. The largest absolute Gasteiger partial charge is 0.478 e. The molecule has 2 aromatic rings. The van der Waals surface area contributed by atoms with Gasteiger partial charge in [0.15, 0.2) is 0 Å². The van der Waals surface area contributed by atoms with Crippen LogP contribution >= 0.6 is 23.1 Å². The molecule has 0 atom stereocenters. The number of carbonyl (C=O) groups is 1. The van der Waals surface area contributed by atoms with Crippen LogP contribution in [-0.2, 0) is 0 Å². The Hall–Kier alpha value is -1.13. The number of aromatic carboxylic acids is 1. The normalized spacial score (nSPS) is 10.7. The molecule has 0 spiro atoms. The molecule has 1 aromatic heterocycles. The zero-order valence-corrected chi connectivity index (χ0v) is 8.82. The quantitative estimate of drug-likeness (QED) is 0.815. The SMILES string of the molecule is Cc1nsc2c(Cl)cc(C(=O)O)cc12. The molecule has 2 rings (SSSR count). The minimum absolute atomic E-state index is 0.200. The zero-order valence-electron chi connectivity index (χ0n) is 7.24. The van der Waals surface area contributed by atoms with E-state index in [2.05, 4.69) is 4.37 Å². The van der Waals surface area contributed by atoms with Gasteiger partial charge in [-0.3, -0.25) is 0 Å². The summed E-state index contributed by atoms with van der Waals surface area (Å²) < 4.78 is 4.96. The van der Waals surface area contributed by atoms with E-state index in [-0.39, 0.29) is 5.56 Å². The summed E-state index contributed by atoms with van der Waals surface area (Å²) in [4.78, 5) is 10.8. The van der Waals surface area contributed by atoms with Crippen molar-refractivity contribution in [2.75, 3.05) is 0 Å². The minimum Gasteiger partial charge on any atom is -0.478 e. The van der Waals surface area contributed by atoms with E-state index in [0.717, 1.165) is 15.8 Å². The molecule has 0 fully saturated rings. The van der Waals surface area contributed by atoms with Crippen LogP contribution in [0.2, 0.25) is 5.02 Å². The van der Waals surface area contributed by atoms with Crippen molar-refractivity contribution < 1.29 is 9.90 Å². The topological polar surface area (TPSA) is 50.2 Å². The average Bonchev–Trinajstić information content (AvgIpc) is 2.48. The van der Waals surface area contributed by atoms with Crippen molar-refractivity contribution in [3.63, 3.8) is 0 Å². The Labute approximate surface area is 89.1 Å². The highest BCUT2D eigenvalue weighted by atomic mass is 35.5. The summed E-state index contributed by atoms with van der Waals surface area (Å²) in [5.74, 6) is -0.973. The van der Waals surface area contributed by atoms with Crippen LogP contribution in [0.25, 0.3) is 10.1 Å². The molecule has 1 N–H and O–H groups in total. The van der Waals surface area contributed by atoms with Crippen molar-refractivity contribution in [2.24, 2.45) is 0 Å². The van der Waals surface area contributed by atoms with E-state index in [1.54, 1.807) is 6.07 Å². The van der Waals surface area contributed by atoms with E-state index in [1.807, 2.05) is 6.92 Å². The molecule has 0 aliphatic heterocycles. The molecule has 72 valence electrons. The molecule has 5 heteroatoms. The highest BCUT2D eigenvalue weighted by molar-refractivity contribution is 7.14. The Morgan fingerprint density at radius 3 is 2.93 bits per heavy atom. The lowest BCUT2D eigenvalue weighted by atomic mass is 10.1. The Morgan fingerprint density at radius 1 is 1.57 bits per heavy atom. The first-order valence-corrected chi connectivity index (χ1v) is 5.03. The third-order valence-electron chi connectivity index (χ3n) is 1.95. The lowest BCUT2D eigenvalue weighted by molar-refractivity contribution is 0.0697. The van der Waals surface area contributed by atoms with Gasteiger partial charge in [0.1, 0.15) is 0 Å². The molecule has 1 heterocycles. The first-order valence-electron chi connectivity index (χ1n) is 3.88. The van der Waals surface area contributed by atoms with Gasteiger partial charge in [0, 0.05) is 5.39 Å². The van der Waals surface area contributed by atoms with E-state index < -0.39 is 5.97 Å². The molecule has 1 aromatic carbocycles. The monoisotopic (exact) mass is 227 g/mol. The number of hydrogen-bond acceptors (Lipinski definition) is 3. The molecular weight excluding hydrogens is 222 g/mol. The van der Waals surface area contributed by atoms with Gasteiger partial charge in [-0.25, -0.2) is 4.79 Å². The van der Waals surface area contributed by atoms with Crippen molar-refractivity contribution >= 4 is 39.2 Å². The van der Waals surface area contributed by atoms with Gasteiger partial charge in [-0.1, -0.05) is 11.6 Å². The van der Waals surface area contributed by atoms with Crippen molar-refractivity contribution in [1.29, 1.82) is 0 Å². The number of nitrogens with zero attached hydrogens (tertiary/aromatic N) is 1. The molecular formula is C9H6ClNO2S. The predicted octanol–water partition coefficient (Wildman–Crippen LogP) is 2.96. The minimum atomic E-state index is -0.973. The highest BCUT2D eigenvalue weighted by Crippen LogP contribution is 2.30.